The molecule has 0 aromatic heterocycles. The fraction of sp³-hybridized carbons (Fsp3) is 0.263. The molecule has 138 valence electrons. The van der Waals surface area contributed by atoms with E-state index < -0.39 is 0 Å². The van der Waals surface area contributed by atoms with E-state index in [0.29, 0.717) is 25.2 Å². The Bertz CT molecular complexity index is 757. The van der Waals surface area contributed by atoms with Gasteiger partial charge in [0.15, 0.2) is 0 Å². The smallest absolute Gasteiger partial charge is 0.251 e. The molecule has 7 heteroatoms. The number of carbonyl (C=O) groups excluding carboxylic acids is 2. The zero-order chi connectivity index (χ0) is 17.6. The Hall–Kier alpha value is -2.44. The second-order valence-corrected chi connectivity index (χ2v) is 5.91. The summed E-state index contributed by atoms with van der Waals surface area (Å²) in [5, 5.41) is 5.88. The highest BCUT2D eigenvalue weighted by Crippen LogP contribution is 2.22. The molecule has 0 spiro atoms. The van der Waals surface area contributed by atoms with Crippen LogP contribution in [0.3, 0.4) is 0 Å². The lowest BCUT2D eigenvalue weighted by Crippen LogP contribution is -2.51. The summed E-state index contributed by atoms with van der Waals surface area (Å²) in [6, 6.07) is 14.8. The molecule has 0 radical (unpaired) electrons. The summed E-state index contributed by atoms with van der Waals surface area (Å²) in [6.45, 7) is 1.66. The van der Waals surface area contributed by atoms with E-state index in [-0.39, 0.29) is 42.6 Å². The van der Waals surface area contributed by atoms with Gasteiger partial charge in [-0.3, -0.25) is 9.59 Å². The molecule has 0 aliphatic carbocycles. The van der Waals surface area contributed by atoms with E-state index in [0.717, 1.165) is 5.56 Å². The Balaban J connectivity index is 0.00000243. The third-order valence-electron chi connectivity index (χ3n) is 4.23. The van der Waals surface area contributed by atoms with Gasteiger partial charge >= 0.3 is 0 Å². The minimum Gasteiger partial charge on any atom is -0.343 e. The van der Waals surface area contributed by atoms with Crippen LogP contribution in [0, 0.1) is 5.82 Å². The minimum absolute atomic E-state index is 0. The first kappa shape index (κ1) is 19.9. The van der Waals surface area contributed by atoms with Crippen LogP contribution in [0.2, 0.25) is 0 Å². The van der Waals surface area contributed by atoms with Crippen LogP contribution in [0.25, 0.3) is 0 Å². The fourth-order valence-electron chi connectivity index (χ4n) is 2.96. The van der Waals surface area contributed by atoms with E-state index in [1.165, 1.54) is 12.1 Å². The van der Waals surface area contributed by atoms with Gasteiger partial charge in [0, 0.05) is 25.2 Å². The Morgan fingerprint density at radius 3 is 2.65 bits per heavy atom. The number of carbonyl (C=O) groups is 2. The van der Waals surface area contributed by atoms with Crippen LogP contribution >= 0.6 is 12.4 Å². The molecule has 1 heterocycles. The SMILES string of the molecule is Cl.O=C(NCC(=O)N1CCNCC1c1cccc(F)c1)c1ccccc1. The van der Waals surface area contributed by atoms with Crippen molar-refractivity contribution in [2.75, 3.05) is 26.2 Å². The molecule has 2 N–H and O–H groups in total. The van der Waals surface area contributed by atoms with Gasteiger partial charge in [0.25, 0.3) is 5.91 Å². The molecule has 1 unspecified atom stereocenters. The summed E-state index contributed by atoms with van der Waals surface area (Å²) in [6.07, 6.45) is 0. The van der Waals surface area contributed by atoms with E-state index in [9.17, 15) is 14.0 Å². The number of amides is 2. The van der Waals surface area contributed by atoms with Gasteiger partial charge in [-0.2, -0.15) is 0 Å². The molecular weight excluding hydrogens is 357 g/mol. The molecule has 2 aromatic rings. The highest BCUT2D eigenvalue weighted by molar-refractivity contribution is 5.96. The molecule has 2 aromatic carbocycles. The number of piperazine rings is 1. The van der Waals surface area contributed by atoms with Crippen molar-refractivity contribution in [1.29, 1.82) is 0 Å². The van der Waals surface area contributed by atoms with Crippen molar-refractivity contribution >= 4 is 24.2 Å². The molecule has 1 aliphatic rings. The molecule has 3 rings (SSSR count). The standard InChI is InChI=1S/C19H20FN3O2.ClH/c20-16-8-4-7-15(11-16)17-12-21-9-10-23(17)18(24)13-22-19(25)14-5-2-1-3-6-14;/h1-8,11,17,21H,9-10,12-13H2,(H,22,25);1H. The normalized spacial score (nSPS) is 16.5. The van der Waals surface area contributed by atoms with Gasteiger partial charge in [-0.1, -0.05) is 30.3 Å². The summed E-state index contributed by atoms with van der Waals surface area (Å²) in [4.78, 5) is 26.4. The lowest BCUT2D eigenvalue weighted by molar-refractivity contribution is -0.133. The average Bonchev–Trinajstić information content (AvgIpc) is 2.66. The second kappa shape index (κ2) is 9.31. The average molecular weight is 378 g/mol. The third-order valence-corrected chi connectivity index (χ3v) is 4.23. The Labute approximate surface area is 158 Å². The number of nitrogens with one attached hydrogen (secondary N) is 2. The number of rotatable bonds is 4. The van der Waals surface area contributed by atoms with Crippen LogP contribution in [0.15, 0.2) is 54.6 Å². The van der Waals surface area contributed by atoms with Crippen LogP contribution in [0.4, 0.5) is 4.39 Å². The molecule has 5 nitrogen and oxygen atoms in total. The number of nitrogens with zero attached hydrogens (tertiary/aromatic N) is 1. The zero-order valence-corrected chi connectivity index (χ0v) is 15.0. The summed E-state index contributed by atoms with van der Waals surface area (Å²) in [5.74, 6) is -0.792. The zero-order valence-electron chi connectivity index (χ0n) is 14.2. The topological polar surface area (TPSA) is 61.4 Å². The van der Waals surface area contributed by atoms with Crippen LogP contribution in [0.1, 0.15) is 22.0 Å². The minimum atomic E-state index is -0.326. The number of halogens is 2. The Morgan fingerprint density at radius 1 is 1.15 bits per heavy atom. The Kier molecular flexibility index (Phi) is 7.12. The summed E-state index contributed by atoms with van der Waals surface area (Å²) in [5.41, 5.74) is 1.26. The van der Waals surface area contributed by atoms with Crippen molar-refractivity contribution < 1.29 is 14.0 Å². The van der Waals surface area contributed by atoms with Gasteiger partial charge in [-0.25, -0.2) is 4.39 Å². The van der Waals surface area contributed by atoms with Crippen LogP contribution in [-0.4, -0.2) is 42.9 Å². The van der Waals surface area contributed by atoms with Gasteiger partial charge < -0.3 is 15.5 Å². The van der Waals surface area contributed by atoms with Crippen molar-refractivity contribution in [1.82, 2.24) is 15.5 Å². The predicted molar refractivity (Wildman–Crippen MR) is 99.7 cm³/mol. The molecule has 0 saturated carbocycles. The van der Waals surface area contributed by atoms with E-state index in [1.807, 2.05) is 12.1 Å². The van der Waals surface area contributed by atoms with Crippen molar-refractivity contribution in [2.24, 2.45) is 0 Å². The monoisotopic (exact) mass is 377 g/mol. The molecule has 1 saturated heterocycles. The summed E-state index contributed by atoms with van der Waals surface area (Å²) >= 11 is 0. The van der Waals surface area contributed by atoms with Crippen molar-refractivity contribution in [2.45, 2.75) is 6.04 Å². The quantitative estimate of drug-likeness (QED) is 0.858. The Morgan fingerprint density at radius 2 is 1.92 bits per heavy atom. The van der Waals surface area contributed by atoms with Gasteiger partial charge in [-0.15, -0.1) is 12.4 Å². The maximum Gasteiger partial charge on any atom is 0.251 e. The first-order valence-electron chi connectivity index (χ1n) is 8.24. The van der Waals surface area contributed by atoms with Crippen LogP contribution in [0.5, 0.6) is 0 Å². The first-order valence-corrected chi connectivity index (χ1v) is 8.24. The van der Waals surface area contributed by atoms with Gasteiger partial charge in [0.1, 0.15) is 5.82 Å². The molecular formula is C19H21ClFN3O2. The summed E-state index contributed by atoms with van der Waals surface area (Å²) < 4.78 is 13.5. The van der Waals surface area contributed by atoms with E-state index in [1.54, 1.807) is 35.2 Å². The van der Waals surface area contributed by atoms with E-state index in [4.69, 9.17) is 0 Å². The molecule has 26 heavy (non-hydrogen) atoms. The van der Waals surface area contributed by atoms with Gasteiger partial charge in [0.05, 0.1) is 12.6 Å². The van der Waals surface area contributed by atoms with E-state index >= 15 is 0 Å². The third kappa shape index (κ3) is 4.80. The van der Waals surface area contributed by atoms with Gasteiger partial charge in [-0.05, 0) is 29.8 Å². The molecule has 1 aliphatic heterocycles. The molecule has 2 amide bonds. The van der Waals surface area contributed by atoms with Crippen molar-refractivity contribution in [3.8, 4) is 0 Å². The number of benzene rings is 2. The highest BCUT2D eigenvalue weighted by Gasteiger charge is 2.28. The number of hydrogen-bond acceptors (Lipinski definition) is 3. The maximum atomic E-state index is 13.5. The highest BCUT2D eigenvalue weighted by atomic mass is 35.5. The molecule has 1 fully saturated rings. The first-order chi connectivity index (χ1) is 12.1. The van der Waals surface area contributed by atoms with E-state index in [2.05, 4.69) is 10.6 Å². The predicted octanol–water partition coefficient (Wildman–Crippen LogP) is 2.15. The van der Waals surface area contributed by atoms with Gasteiger partial charge in [0.2, 0.25) is 5.91 Å². The van der Waals surface area contributed by atoms with Crippen molar-refractivity contribution in [3.05, 3.63) is 71.5 Å². The van der Waals surface area contributed by atoms with Crippen molar-refractivity contribution in [3.63, 3.8) is 0 Å². The van der Waals surface area contributed by atoms with Crippen LogP contribution < -0.4 is 10.6 Å². The largest absolute Gasteiger partial charge is 0.343 e. The lowest BCUT2D eigenvalue weighted by Gasteiger charge is -2.36. The molecule has 0 bridgehead atoms. The summed E-state index contributed by atoms with van der Waals surface area (Å²) in [7, 11) is 0. The maximum absolute atomic E-state index is 13.5. The lowest BCUT2D eigenvalue weighted by atomic mass is 10.0. The molecule has 1 atom stereocenters. The number of hydrogen-bond donors (Lipinski definition) is 2. The fourth-order valence-corrected chi connectivity index (χ4v) is 2.96. The second-order valence-electron chi connectivity index (χ2n) is 5.91. The van der Waals surface area contributed by atoms with Crippen LogP contribution in [-0.2, 0) is 4.79 Å².